The van der Waals surface area contributed by atoms with Gasteiger partial charge >= 0.3 is 0 Å². The van der Waals surface area contributed by atoms with Gasteiger partial charge in [0.2, 0.25) is 5.91 Å². The molecule has 0 radical (unpaired) electrons. The molecule has 0 N–H and O–H groups in total. The van der Waals surface area contributed by atoms with Crippen LogP contribution in [-0.4, -0.2) is 27.3 Å². The van der Waals surface area contributed by atoms with Crippen LogP contribution in [0.25, 0.3) is 0 Å². The van der Waals surface area contributed by atoms with Crippen molar-refractivity contribution in [3.63, 3.8) is 0 Å². The van der Waals surface area contributed by atoms with E-state index in [1.54, 1.807) is 6.92 Å². The molecule has 1 atom stereocenters. The van der Waals surface area contributed by atoms with Crippen molar-refractivity contribution in [3.8, 4) is 0 Å². The molecule has 25 heavy (non-hydrogen) atoms. The minimum atomic E-state index is -0.502. The molecule has 2 aromatic rings. The molecule has 1 unspecified atom stereocenters. The number of carbonyl (C=O) groups is 1. The Morgan fingerprint density at radius 2 is 2.04 bits per heavy atom. The van der Waals surface area contributed by atoms with Crippen LogP contribution >= 0.6 is 23.2 Å². The van der Waals surface area contributed by atoms with Crippen LogP contribution in [0.4, 0.5) is 0 Å². The molecule has 0 aliphatic carbocycles. The van der Waals surface area contributed by atoms with E-state index in [4.69, 9.17) is 23.2 Å². The fourth-order valence-electron chi connectivity index (χ4n) is 2.85. The summed E-state index contributed by atoms with van der Waals surface area (Å²) >= 11 is 12.1. The van der Waals surface area contributed by atoms with Crippen molar-refractivity contribution in [2.24, 2.45) is 0 Å². The highest BCUT2D eigenvalue weighted by atomic mass is 35.5. The number of halogens is 2. The van der Waals surface area contributed by atoms with Gasteiger partial charge in [-0.15, -0.1) is 11.6 Å². The number of hydrogen-bond acceptors (Lipinski definition) is 1. The number of amides is 1. The lowest BCUT2D eigenvalue weighted by Gasteiger charge is -2.25. The molecule has 1 amide bonds. The van der Waals surface area contributed by atoms with Crippen molar-refractivity contribution >= 4 is 29.1 Å². The van der Waals surface area contributed by atoms with Gasteiger partial charge in [0.1, 0.15) is 5.38 Å². The van der Waals surface area contributed by atoms with Crippen molar-refractivity contribution in [2.75, 3.05) is 6.54 Å². The maximum atomic E-state index is 12.4. The predicted molar refractivity (Wildman–Crippen MR) is 105 cm³/mol. The van der Waals surface area contributed by atoms with Crippen molar-refractivity contribution in [3.05, 3.63) is 58.9 Å². The lowest BCUT2D eigenvalue weighted by Crippen LogP contribution is -2.36. The van der Waals surface area contributed by atoms with E-state index in [1.165, 1.54) is 0 Å². The summed E-state index contributed by atoms with van der Waals surface area (Å²) in [4.78, 5) is 14.3. The van der Waals surface area contributed by atoms with Crippen molar-refractivity contribution in [1.29, 1.82) is 0 Å². The van der Waals surface area contributed by atoms with Gasteiger partial charge in [-0.1, -0.05) is 43.5 Å². The predicted octanol–water partition coefficient (Wildman–Crippen LogP) is 5.34. The molecule has 136 valence electrons. The lowest BCUT2D eigenvalue weighted by molar-refractivity contribution is -0.131. The molecule has 1 heterocycles. The number of alkyl halides is 1. The van der Waals surface area contributed by atoms with Crippen LogP contribution in [0.2, 0.25) is 5.02 Å². The molecule has 2 rings (SSSR count). The molecule has 5 heteroatoms. The van der Waals surface area contributed by atoms with Gasteiger partial charge in [0.05, 0.1) is 6.54 Å². The Kier molecular flexibility index (Phi) is 7.86. The second kappa shape index (κ2) is 9.88. The van der Waals surface area contributed by atoms with Crippen molar-refractivity contribution in [1.82, 2.24) is 9.47 Å². The van der Waals surface area contributed by atoms with Crippen LogP contribution in [0.1, 0.15) is 44.4 Å². The van der Waals surface area contributed by atoms with E-state index < -0.39 is 5.38 Å². The summed E-state index contributed by atoms with van der Waals surface area (Å²) in [5, 5.41) is 0.233. The van der Waals surface area contributed by atoms with E-state index >= 15 is 0 Å². The fraction of sp³-hybridized carbons (Fsp3) is 0.450. The lowest BCUT2D eigenvalue weighted by atomic mass is 10.2. The van der Waals surface area contributed by atoms with Gasteiger partial charge < -0.3 is 9.47 Å². The zero-order valence-electron chi connectivity index (χ0n) is 14.9. The highest BCUT2D eigenvalue weighted by Crippen LogP contribution is 2.16. The molecule has 0 saturated heterocycles. The van der Waals surface area contributed by atoms with Crippen molar-refractivity contribution < 1.29 is 4.79 Å². The van der Waals surface area contributed by atoms with E-state index in [-0.39, 0.29) is 5.91 Å². The molecule has 0 aliphatic heterocycles. The van der Waals surface area contributed by atoms with E-state index in [1.807, 2.05) is 35.4 Å². The zero-order chi connectivity index (χ0) is 18.2. The second-order valence-electron chi connectivity index (χ2n) is 6.34. The van der Waals surface area contributed by atoms with E-state index in [2.05, 4.69) is 23.6 Å². The van der Waals surface area contributed by atoms with Crippen LogP contribution in [0, 0.1) is 0 Å². The standard InChI is InChI=1S/C20H26Cl2N2O/c1-3-4-5-11-24(20(25)16(2)21)15-19-10-7-12-23(19)14-17-8-6-9-18(22)13-17/h6-10,12-13,16H,3-5,11,14-15H2,1-2H3. The monoisotopic (exact) mass is 380 g/mol. The Morgan fingerprint density at radius 1 is 1.24 bits per heavy atom. The van der Waals surface area contributed by atoms with E-state index in [0.717, 1.165) is 48.6 Å². The van der Waals surface area contributed by atoms with Gasteiger partial charge in [-0.25, -0.2) is 0 Å². The third-order valence-electron chi connectivity index (χ3n) is 4.20. The Bertz CT molecular complexity index is 682. The van der Waals surface area contributed by atoms with Crippen LogP contribution in [0.15, 0.2) is 42.6 Å². The Hall–Kier alpha value is -1.45. The summed E-state index contributed by atoms with van der Waals surface area (Å²) < 4.78 is 2.16. The molecule has 1 aromatic heterocycles. The van der Waals surface area contributed by atoms with Gasteiger partial charge in [0.15, 0.2) is 0 Å². The average Bonchev–Trinajstić information content (AvgIpc) is 3.00. The number of nitrogens with zero attached hydrogens (tertiary/aromatic N) is 2. The van der Waals surface area contributed by atoms with Gasteiger partial charge in [-0.05, 0) is 43.2 Å². The summed E-state index contributed by atoms with van der Waals surface area (Å²) in [6, 6.07) is 11.9. The summed E-state index contributed by atoms with van der Waals surface area (Å²) in [5.41, 5.74) is 2.24. The highest BCUT2D eigenvalue weighted by Gasteiger charge is 2.19. The van der Waals surface area contributed by atoms with Crippen LogP contribution in [0.3, 0.4) is 0 Å². The Morgan fingerprint density at radius 3 is 2.72 bits per heavy atom. The molecule has 1 aromatic carbocycles. The van der Waals surface area contributed by atoms with Gasteiger partial charge in [-0.3, -0.25) is 4.79 Å². The second-order valence-corrected chi connectivity index (χ2v) is 7.43. The number of unbranched alkanes of at least 4 members (excludes halogenated alkanes) is 2. The SMILES string of the molecule is CCCCCN(Cc1cccn1Cc1cccc(Cl)c1)C(=O)C(C)Cl. The normalized spacial score (nSPS) is 12.2. The molecular formula is C20H26Cl2N2O. The summed E-state index contributed by atoms with van der Waals surface area (Å²) in [5.74, 6) is -0.00623. The van der Waals surface area contributed by atoms with Crippen molar-refractivity contribution in [2.45, 2.75) is 51.6 Å². The summed E-state index contributed by atoms with van der Waals surface area (Å²) in [6.45, 7) is 5.95. The Balaban J connectivity index is 2.11. The third-order valence-corrected chi connectivity index (χ3v) is 4.62. The molecule has 0 aliphatic rings. The van der Waals surface area contributed by atoms with E-state index in [0.29, 0.717) is 6.54 Å². The minimum absolute atomic E-state index is 0.00623. The number of hydrogen-bond donors (Lipinski definition) is 0. The number of benzene rings is 1. The van der Waals surface area contributed by atoms with Gasteiger partial charge in [-0.2, -0.15) is 0 Å². The quantitative estimate of drug-likeness (QED) is 0.425. The molecular weight excluding hydrogens is 355 g/mol. The molecule has 0 spiro atoms. The first-order valence-corrected chi connectivity index (χ1v) is 9.64. The topological polar surface area (TPSA) is 25.2 Å². The molecule has 3 nitrogen and oxygen atoms in total. The minimum Gasteiger partial charge on any atom is -0.345 e. The summed E-state index contributed by atoms with van der Waals surface area (Å²) in [6.07, 6.45) is 5.28. The highest BCUT2D eigenvalue weighted by molar-refractivity contribution is 6.30. The first-order chi connectivity index (χ1) is 12.0. The van der Waals surface area contributed by atoms with Gasteiger partial charge in [0.25, 0.3) is 0 Å². The summed E-state index contributed by atoms with van der Waals surface area (Å²) in [7, 11) is 0. The average molecular weight is 381 g/mol. The molecule has 0 saturated carbocycles. The third kappa shape index (κ3) is 6.09. The molecule has 0 bridgehead atoms. The van der Waals surface area contributed by atoms with E-state index in [9.17, 15) is 4.79 Å². The number of rotatable bonds is 9. The zero-order valence-corrected chi connectivity index (χ0v) is 16.4. The van der Waals surface area contributed by atoms with Crippen LogP contribution in [-0.2, 0) is 17.9 Å². The number of carbonyl (C=O) groups excluding carboxylic acids is 1. The molecule has 0 fully saturated rings. The maximum absolute atomic E-state index is 12.4. The van der Waals surface area contributed by atoms with Crippen LogP contribution in [0.5, 0.6) is 0 Å². The first kappa shape index (κ1) is 19.9. The first-order valence-electron chi connectivity index (χ1n) is 8.82. The fourth-order valence-corrected chi connectivity index (χ4v) is 3.20. The van der Waals surface area contributed by atoms with Gasteiger partial charge in [0, 0.05) is 30.0 Å². The Labute approximate surface area is 160 Å². The largest absolute Gasteiger partial charge is 0.345 e. The maximum Gasteiger partial charge on any atom is 0.240 e. The van der Waals surface area contributed by atoms with Crippen LogP contribution < -0.4 is 0 Å². The number of aromatic nitrogens is 1. The smallest absolute Gasteiger partial charge is 0.240 e.